The van der Waals surface area contributed by atoms with Gasteiger partial charge in [-0.05, 0) is 13.0 Å². The summed E-state index contributed by atoms with van der Waals surface area (Å²) >= 11 is 6.13. The molecule has 12 heavy (non-hydrogen) atoms. The van der Waals surface area contributed by atoms with Crippen molar-refractivity contribution in [3.8, 4) is 0 Å². The molecule has 0 radical (unpaired) electrons. The van der Waals surface area contributed by atoms with Crippen LogP contribution >= 0.6 is 11.6 Å². The Bertz CT molecular complexity index is 390. The molecule has 0 fully saturated rings. The second kappa shape index (κ2) is 2.53. The summed E-state index contributed by atoms with van der Waals surface area (Å²) in [7, 11) is 2.03. The van der Waals surface area contributed by atoms with Gasteiger partial charge in [0.2, 0.25) is 0 Å². The van der Waals surface area contributed by atoms with Crippen LogP contribution in [-0.4, -0.2) is 4.57 Å². The highest BCUT2D eigenvalue weighted by atomic mass is 35.5. The Labute approximate surface area is 76.6 Å². The zero-order chi connectivity index (χ0) is 8.72. The van der Waals surface area contributed by atoms with E-state index < -0.39 is 0 Å². The molecule has 0 spiro atoms. The summed E-state index contributed by atoms with van der Waals surface area (Å²) in [5.74, 6) is 0. The summed E-state index contributed by atoms with van der Waals surface area (Å²) in [4.78, 5) is 0. The van der Waals surface area contributed by atoms with Gasteiger partial charge in [-0.1, -0.05) is 29.8 Å². The number of fused-ring (bicyclic) bond motifs is 1. The van der Waals surface area contributed by atoms with Crippen LogP contribution in [0.1, 0.15) is 5.69 Å². The van der Waals surface area contributed by atoms with Gasteiger partial charge >= 0.3 is 0 Å². The number of aromatic nitrogens is 1. The highest BCUT2D eigenvalue weighted by Gasteiger charge is 2.07. The average Bonchev–Trinajstić information content (AvgIpc) is 2.33. The van der Waals surface area contributed by atoms with Crippen molar-refractivity contribution in [2.45, 2.75) is 6.92 Å². The van der Waals surface area contributed by atoms with Crippen molar-refractivity contribution in [3.63, 3.8) is 0 Å². The largest absolute Gasteiger partial charge is 0.346 e. The van der Waals surface area contributed by atoms with Crippen LogP contribution in [0.3, 0.4) is 0 Å². The maximum atomic E-state index is 6.13. The van der Waals surface area contributed by atoms with Crippen LogP contribution in [0.15, 0.2) is 24.3 Å². The van der Waals surface area contributed by atoms with Gasteiger partial charge in [0.05, 0.1) is 5.02 Å². The molecule has 62 valence electrons. The standard InChI is InChI=1S/C10H10ClN/c1-7-10(11)8-5-3-4-6-9(8)12(7)2/h3-6H,1-2H3. The molecule has 0 N–H and O–H groups in total. The number of benzene rings is 1. The van der Waals surface area contributed by atoms with Crippen LogP contribution in [0.4, 0.5) is 0 Å². The fourth-order valence-electron chi connectivity index (χ4n) is 1.47. The summed E-state index contributed by atoms with van der Waals surface area (Å²) in [6, 6.07) is 8.16. The molecule has 0 unspecified atom stereocenters. The van der Waals surface area contributed by atoms with E-state index >= 15 is 0 Å². The molecule has 2 heteroatoms. The van der Waals surface area contributed by atoms with Crippen LogP contribution in [0.5, 0.6) is 0 Å². The van der Waals surface area contributed by atoms with Gasteiger partial charge in [-0.2, -0.15) is 0 Å². The minimum atomic E-state index is 0.869. The average molecular weight is 180 g/mol. The molecule has 0 saturated carbocycles. The third kappa shape index (κ3) is 0.864. The van der Waals surface area contributed by atoms with Crippen molar-refractivity contribution in [2.24, 2.45) is 7.05 Å². The first-order valence-electron chi connectivity index (χ1n) is 3.91. The minimum absolute atomic E-state index is 0.869. The van der Waals surface area contributed by atoms with Gasteiger partial charge in [-0.15, -0.1) is 0 Å². The Hall–Kier alpha value is -0.950. The van der Waals surface area contributed by atoms with Gasteiger partial charge in [0.25, 0.3) is 0 Å². The van der Waals surface area contributed by atoms with E-state index in [2.05, 4.69) is 10.6 Å². The number of halogens is 1. The maximum absolute atomic E-state index is 6.13. The number of nitrogens with zero attached hydrogens (tertiary/aromatic N) is 1. The lowest BCUT2D eigenvalue weighted by Gasteiger charge is -1.96. The molecule has 1 aromatic heterocycles. The normalized spacial score (nSPS) is 10.9. The molecule has 0 atom stereocenters. The van der Waals surface area contributed by atoms with Gasteiger partial charge in [0.1, 0.15) is 0 Å². The van der Waals surface area contributed by atoms with Crippen LogP contribution in [0.2, 0.25) is 5.02 Å². The molecule has 0 bridgehead atoms. The Morgan fingerprint density at radius 1 is 1.25 bits per heavy atom. The third-order valence-electron chi connectivity index (χ3n) is 2.32. The molecule has 2 aromatic rings. The van der Waals surface area contributed by atoms with Crippen molar-refractivity contribution >= 4 is 22.5 Å². The number of hydrogen-bond donors (Lipinski definition) is 0. The quantitative estimate of drug-likeness (QED) is 0.586. The topological polar surface area (TPSA) is 4.93 Å². The molecular formula is C10H10ClN. The van der Waals surface area contributed by atoms with Crippen LogP contribution in [0, 0.1) is 6.92 Å². The number of para-hydroxylation sites is 1. The smallest absolute Gasteiger partial charge is 0.0691 e. The minimum Gasteiger partial charge on any atom is -0.346 e. The molecule has 1 aromatic carbocycles. The van der Waals surface area contributed by atoms with Gasteiger partial charge < -0.3 is 4.57 Å². The van der Waals surface area contributed by atoms with Gasteiger partial charge in [0.15, 0.2) is 0 Å². The Morgan fingerprint density at radius 3 is 2.58 bits per heavy atom. The van der Waals surface area contributed by atoms with Crippen molar-refractivity contribution in [2.75, 3.05) is 0 Å². The lowest BCUT2D eigenvalue weighted by molar-refractivity contribution is 0.918. The summed E-state index contributed by atoms with van der Waals surface area (Å²) in [6.45, 7) is 2.03. The van der Waals surface area contributed by atoms with Gasteiger partial charge in [-0.3, -0.25) is 0 Å². The summed E-state index contributed by atoms with van der Waals surface area (Å²) in [6.07, 6.45) is 0. The highest BCUT2D eigenvalue weighted by molar-refractivity contribution is 6.36. The summed E-state index contributed by atoms with van der Waals surface area (Å²) < 4.78 is 2.11. The third-order valence-corrected chi connectivity index (χ3v) is 2.80. The first kappa shape index (κ1) is 7.69. The maximum Gasteiger partial charge on any atom is 0.0691 e. The van der Waals surface area contributed by atoms with E-state index in [1.165, 1.54) is 5.52 Å². The van der Waals surface area contributed by atoms with Crippen molar-refractivity contribution in [1.29, 1.82) is 0 Å². The molecule has 0 aliphatic heterocycles. The van der Waals surface area contributed by atoms with E-state index in [4.69, 9.17) is 11.6 Å². The highest BCUT2D eigenvalue weighted by Crippen LogP contribution is 2.28. The zero-order valence-electron chi connectivity index (χ0n) is 7.13. The Kier molecular flexibility index (Phi) is 1.62. The molecule has 1 nitrogen and oxygen atoms in total. The summed E-state index contributed by atoms with van der Waals surface area (Å²) in [5, 5.41) is 2.01. The molecule has 0 saturated heterocycles. The Balaban J connectivity index is 2.99. The first-order valence-corrected chi connectivity index (χ1v) is 4.29. The van der Waals surface area contributed by atoms with Crippen LogP contribution in [-0.2, 0) is 7.05 Å². The SMILES string of the molecule is Cc1c(Cl)c2ccccc2n1C. The van der Waals surface area contributed by atoms with Crippen LogP contribution in [0.25, 0.3) is 10.9 Å². The van der Waals surface area contributed by atoms with E-state index in [9.17, 15) is 0 Å². The van der Waals surface area contributed by atoms with Crippen molar-refractivity contribution < 1.29 is 0 Å². The first-order chi connectivity index (χ1) is 5.72. The fourth-order valence-corrected chi connectivity index (χ4v) is 1.76. The van der Waals surface area contributed by atoms with Crippen molar-refractivity contribution in [3.05, 3.63) is 35.0 Å². The Morgan fingerprint density at radius 2 is 1.92 bits per heavy atom. The zero-order valence-corrected chi connectivity index (χ0v) is 7.89. The number of hydrogen-bond acceptors (Lipinski definition) is 0. The lowest BCUT2D eigenvalue weighted by atomic mass is 10.2. The number of aryl methyl sites for hydroxylation is 1. The van der Waals surface area contributed by atoms with Crippen molar-refractivity contribution in [1.82, 2.24) is 4.57 Å². The van der Waals surface area contributed by atoms with Crippen LogP contribution < -0.4 is 0 Å². The molecule has 0 amide bonds. The molecule has 1 heterocycles. The van der Waals surface area contributed by atoms with E-state index in [0.29, 0.717) is 0 Å². The van der Waals surface area contributed by atoms with E-state index in [1.807, 2.05) is 32.2 Å². The molecule has 0 aliphatic carbocycles. The second-order valence-electron chi connectivity index (χ2n) is 2.98. The predicted octanol–water partition coefficient (Wildman–Crippen LogP) is 3.14. The molecule has 2 rings (SSSR count). The van der Waals surface area contributed by atoms with E-state index in [0.717, 1.165) is 16.1 Å². The lowest BCUT2D eigenvalue weighted by Crippen LogP contribution is -1.88. The van der Waals surface area contributed by atoms with E-state index in [1.54, 1.807) is 0 Å². The fraction of sp³-hybridized carbons (Fsp3) is 0.200. The second-order valence-corrected chi connectivity index (χ2v) is 3.35. The molecule has 0 aliphatic rings. The monoisotopic (exact) mass is 179 g/mol. The molecular weight excluding hydrogens is 170 g/mol. The predicted molar refractivity (Wildman–Crippen MR) is 52.7 cm³/mol. The number of rotatable bonds is 0. The van der Waals surface area contributed by atoms with Gasteiger partial charge in [0, 0.05) is 23.6 Å². The van der Waals surface area contributed by atoms with Gasteiger partial charge in [-0.25, -0.2) is 0 Å². The van der Waals surface area contributed by atoms with E-state index in [-0.39, 0.29) is 0 Å². The summed E-state index contributed by atoms with van der Waals surface area (Å²) in [5.41, 5.74) is 2.32.